The van der Waals surface area contributed by atoms with Gasteiger partial charge in [0.1, 0.15) is 0 Å². The first-order chi connectivity index (χ1) is 9.15. The molecule has 1 aromatic rings. The van der Waals surface area contributed by atoms with Crippen LogP contribution >= 0.6 is 15.9 Å². The van der Waals surface area contributed by atoms with Crippen LogP contribution in [-0.4, -0.2) is 35.9 Å². The van der Waals surface area contributed by atoms with E-state index in [0.717, 1.165) is 32.6 Å². The van der Waals surface area contributed by atoms with Gasteiger partial charge in [0, 0.05) is 32.5 Å². The molecule has 0 aliphatic rings. The second kappa shape index (κ2) is 9.06. The van der Waals surface area contributed by atoms with Crippen LogP contribution in [0.25, 0.3) is 0 Å². The maximum absolute atomic E-state index is 11.5. The first-order valence-corrected chi connectivity index (χ1v) is 7.22. The highest BCUT2D eigenvalue weighted by atomic mass is 79.9. The topological polar surface area (TPSA) is 76.1 Å². The standard InChI is InChI=1S/C12H20BrN3O3/c1-2-19-8-4-3-5-14-6-7-16-9-10(13)11(17)15-12(16)18/h9,14H,2-8H2,1H3,(H,15,17,18). The predicted octanol–water partition coefficient (Wildman–Crippen LogP) is 0.705. The second-order valence-electron chi connectivity index (χ2n) is 4.08. The van der Waals surface area contributed by atoms with E-state index in [1.54, 1.807) is 0 Å². The van der Waals surface area contributed by atoms with Gasteiger partial charge >= 0.3 is 5.69 Å². The minimum Gasteiger partial charge on any atom is -0.382 e. The highest BCUT2D eigenvalue weighted by molar-refractivity contribution is 9.10. The molecule has 1 aromatic heterocycles. The molecule has 2 N–H and O–H groups in total. The Kier molecular flexibility index (Phi) is 7.69. The van der Waals surface area contributed by atoms with E-state index in [9.17, 15) is 9.59 Å². The molecular weight excluding hydrogens is 314 g/mol. The quantitative estimate of drug-likeness (QED) is 0.652. The minimum atomic E-state index is -0.398. The van der Waals surface area contributed by atoms with Gasteiger partial charge < -0.3 is 10.1 Å². The van der Waals surface area contributed by atoms with E-state index in [0.29, 0.717) is 17.6 Å². The Morgan fingerprint density at radius 1 is 1.37 bits per heavy atom. The summed E-state index contributed by atoms with van der Waals surface area (Å²) in [6, 6.07) is 0. The van der Waals surface area contributed by atoms with Crippen LogP contribution in [0, 0.1) is 0 Å². The lowest BCUT2D eigenvalue weighted by Crippen LogP contribution is -2.33. The molecule has 6 nitrogen and oxygen atoms in total. The Morgan fingerprint density at radius 3 is 2.89 bits per heavy atom. The number of unbranched alkanes of at least 4 members (excludes halogenated alkanes) is 1. The zero-order chi connectivity index (χ0) is 14.1. The molecule has 0 saturated heterocycles. The molecule has 1 rings (SSSR count). The summed E-state index contributed by atoms with van der Waals surface area (Å²) in [5, 5.41) is 3.25. The number of hydrogen-bond donors (Lipinski definition) is 2. The van der Waals surface area contributed by atoms with Crippen molar-refractivity contribution in [1.82, 2.24) is 14.9 Å². The average Bonchev–Trinajstić information content (AvgIpc) is 2.38. The molecule has 0 atom stereocenters. The van der Waals surface area contributed by atoms with Crippen molar-refractivity contribution in [2.75, 3.05) is 26.3 Å². The number of halogens is 1. The van der Waals surface area contributed by atoms with Crippen molar-refractivity contribution in [2.24, 2.45) is 0 Å². The molecule has 0 spiro atoms. The van der Waals surface area contributed by atoms with Gasteiger partial charge in [0.2, 0.25) is 0 Å². The van der Waals surface area contributed by atoms with E-state index in [-0.39, 0.29) is 5.69 Å². The summed E-state index contributed by atoms with van der Waals surface area (Å²) in [7, 11) is 0. The number of rotatable bonds is 9. The molecule has 0 bridgehead atoms. The summed E-state index contributed by atoms with van der Waals surface area (Å²) in [4.78, 5) is 24.9. The molecule has 0 unspecified atom stereocenters. The molecule has 19 heavy (non-hydrogen) atoms. The number of H-pyrrole nitrogens is 1. The molecule has 0 aliphatic carbocycles. The third-order valence-corrected chi connectivity index (χ3v) is 3.16. The van der Waals surface area contributed by atoms with E-state index < -0.39 is 5.56 Å². The fourth-order valence-corrected chi connectivity index (χ4v) is 1.92. The van der Waals surface area contributed by atoms with Gasteiger partial charge in [-0.25, -0.2) is 4.79 Å². The van der Waals surface area contributed by atoms with Crippen LogP contribution in [0.5, 0.6) is 0 Å². The van der Waals surface area contributed by atoms with Crippen LogP contribution in [0.2, 0.25) is 0 Å². The fraction of sp³-hybridized carbons (Fsp3) is 0.667. The molecule has 0 radical (unpaired) electrons. The number of aromatic amines is 1. The number of ether oxygens (including phenoxy) is 1. The fourth-order valence-electron chi connectivity index (χ4n) is 1.57. The van der Waals surface area contributed by atoms with E-state index in [1.807, 2.05) is 6.92 Å². The Morgan fingerprint density at radius 2 is 2.16 bits per heavy atom. The van der Waals surface area contributed by atoms with Gasteiger partial charge in [-0.05, 0) is 42.2 Å². The van der Waals surface area contributed by atoms with Crippen LogP contribution in [0.15, 0.2) is 20.3 Å². The largest absolute Gasteiger partial charge is 0.382 e. The lowest BCUT2D eigenvalue weighted by Gasteiger charge is -2.07. The van der Waals surface area contributed by atoms with Crippen LogP contribution in [0.4, 0.5) is 0 Å². The van der Waals surface area contributed by atoms with E-state index in [1.165, 1.54) is 10.8 Å². The normalized spacial score (nSPS) is 10.8. The van der Waals surface area contributed by atoms with Gasteiger partial charge in [-0.15, -0.1) is 0 Å². The zero-order valence-corrected chi connectivity index (χ0v) is 12.7. The average molecular weight is 334 g/mol. The summed E-state index contributed by atoms with van der Waals surface area (Å²) < 4.78 is 7.07. The molecule has 1 heterocycles. The summed E-state index contributed by atoms with van der Waals surface area (Å²) in [6.45, 7) is 5.65. The van der Waals surface area contributed by atoms with E-state index in [4.69, 9.17) is 4.74 Å². The van der Waals surface area contributed by atoms with Crippen molar-refractivity contribution in [1.29, 1.82) is 0 Å². The Hall–Kier alpha value is -0.920. The van der Waals surface area contributed by atoms with Gasteiger partial charge in [0.15, 0.2) is 0 Å². The summed E-state index contributed by atoms with van der Waals surface area (Å²) in [6.07, 6.45) is 3.59. The van der Waals surface area contributed by atoms with Crippen LogP contribution in [0.1, 0.15) is 19.8 Å². The van der Waals surface area contributed by atoms with Crippen molar-refractivity contribution in [3.8, 4) is 0 Å². The van der Waals surface area contributed by atoms with Gasteiger partial charge in [-0.1, -0.05) is 0 Å². The van der Waals surface area contributed by atoms with Gasteiger partial charge in [-0.3, -0.25) is 14.3 Å². The van der Waals surface area contributed by atoms with Crippen LogP contribution in [0.3, 0.4) is 0 Å². The van der Waals surface area contributed by atoms with Crippen molar-refractivity contribution in [3.05, 3.63) is 31.5 Å². The molecule has 0 amide bonds. The van der Waals surface area contributed by atoms with Gasteiger partial charge in [-0.2, -0.15) is 0 Å². The molecule has 7 heteroatoms. The van der Waals surface area contributed by atoms with Crippen molar-refractivity contribution in [3.63, 3.8) is 0 Å². The lowest BCUT2D eigenvalue weighted by molar-refractivity contribution is 0.143. The highest BCUT2D eigenvalue weighted by Gasteiger charge is 2.01. The molecule has 108 valence electrons. The molecule has 0 aliphatic heterocycles. The monoisotopic (exact) mass is 333 g/mol. The zero-order valence-electron chi connectivity index (χ0n) is 11.1. The van der Waals surface area contributed by atoms with E-state index in [2.05, 4.69) is 26.2 Å². The van der Waals surface area contributed by atoms with Crippen molar-refractivity contribution in [2.45, 2.75) is 26.3 Å². The highest BCUT2D eigenvalue weighted by Crippen LogP contribution is 1.97. The first kappa shape index (κ1) is 16.1. The molecule has 0 fully saturated rings. The smallest absolute Gasteiger partial charge is 0.328 e. The molecule has 0 aromatic carbocycles. The SMILES string of the molecule is CCOCCCCNCCn1cc(Br)c(=O)[nH]c1=O. The summed E-state index contributed by atoms with van der Waals surface area (Å²) in [5.74, 6) is 0. The molecule has 0 saturated carbocycles. The molecular formula is C12H20BrN3O3. The Bertz CT molecular complexity index is 484. The third-order valence-electron chi connectivity index (χ3n) is 2.59. The minimum absolute atomic E-state index is 0.365. The number of aromatic nitrogens is 2. The predicted molar refractivity (Wildman–Crippen MR) is 77.6 cm³/mol. The first-order valence-electron chi connectivity index (χ1n) is 6.43. The third kappa shape index (κ3) is 6.17. The van der Waals surface area contributed by atoms with Gasteiger partial charge in [0.25, 0.3) is 5.56 Å². The lowest BCUT2D eigenvalue weighted by atomic mass is 10.3. The Labute approximate surface area is 120 Å². The number of nitrogens with one attached hydrogen (secondary N) is 2. The van der Waals surface area contributed by atoms with E-state index >= 15 is 0 Å². The van der Waals surface area contributed by atoms with Crippen LogP contribution < -0.4 is 16.6 Å². The van der Waals surface area contributed by atoms with Crippen LogP contribution in [-0.2, 0) is 11.3 Å². The summed E-state index contributed by atoms with van der Waals surface area (Å²) in [5.41, 5.74) is -0.781. The van der Waals surface area contributed by atoms with Crippen molar-refractivity contribution < 1.29 is 4.74 Å². The maximum atomic E-state index is 11.5. The Balaban J connectivity index is 2.21. The second-order valence-corrected chi connectivity index (χ2v) is 4.94. The maximum Gasteiger partial charge on any atom is 0.328 e. The number of nitrogens with zero attached hydrogens (tertiary/aromatic N) is 1. The number of hydrogen-bond acceptors (Lipinski definition) is 4. The van der Waals surface area contributed by atoms with Gasteiger partial charge in [0.05, 0.1) is 4.47 Å². The summed E-state index contributed by atoms with van der Waals surface area (Å²) >= 11 is 3.10. The van der Waals surface area contributed by atoms with Crippen molar-refractivity contribution >= 4 is 15.9 Å².